The zero-order valence-corrected chi connectivity index (χ0v) is 12.7. The average molecular weight is 298 g/mol. The van der Waals surface area contributed by atoms with Crippen LogP contribution >= 0.6 is 23.1 Å². The Hall–Kier alpha value is -1.47. The van der Waals surface area contributed by atoms with E-state index in [0.29, 0.717) is 17.2 Å². The lowest BCUT2D eigenvalue weighted by Gasteiger charge is -2.12. The first-order chi connectivity index (χ1) is 9.23. The van der Waals surface area contributed by atoms with Crippen LogP contribution in [0.5, 0.6) is 17.2 Å². The minimum absolute atomic E-state index is 0.573. The lowest BCUT2D eigenvalue weighted by Crippen LogP contribution is -1.95. The third-order valence-electron chi connectivity index (χ3n) is 2.49. The van der Waals surface area contributed by atoms with E-state index in [-0.39, 0.29) is 0 Å². The number of methoxy groups -OCH3 is 3. The molecule has 1 heterocycles. The molecule has 0 aliphatic carbocycles. The normalized spacial score (nSPS) is 10.3. The number of thioether (sulfide) groups is 1. The van der Waals surface area contributed by atoms with Gasteiger partial charge >= 0.3 is 0 Å². The van der Waals surface area contributed by atoms with E-state index in [1.165, 1.54) is 11.3 Å². The number of hydrogen-bond acceptors (Lipinski definition) is 7. The van der Waals surface area contributed by atoms with Crippen LogP contribution in [0.2, 0.25) is 0 Å². The van der Waals surface area contributed by atoms with Crippen molar-refractivity contribution in [3.05, 3.63) is 12.1 Å². The van der Waals surface area contributed by atoms with Crippen molar-refractivity contribution < 1.29 is 14.2 Å². The maximum absolute atomic E-state index is 5.32. The molecule has 0 unspecified atom stereocenters. The van der Waals surface area contributed by atoms with E-state index in [1.54, 1.807) is 33.1 Å². The first-order valence-electron chi connectivity index (χ1n) is 5.41. The predicted molar refractivity (Wildman–Crippen MR) is 76.8 cm³/mol. The molecule has 7 heteroatoms. The monoisotopic (exact) mass is 298 g/mol. The van der Waals surface area contributed by atoms with Gasteiger partial charge < -0.3 is 14.2 Å². The van der Waals surface area contributed by atoms with Crippen LogP contribution in [0.4, 0.5) is 0 Å². The molecule has 102 valence electrons. The highest BCUT2D eigenvalue weighted by Crippen LogP contribution is 2.42. The minimum Gasteiger partial charge on any atom is -0.493 e. The van der Waals surface area contributed by atoms with Gasteiger partial charge in [-0.3, -0.25) is 0 Å². The van der Waals surface area contributed by atoms with Gasteiger partial charge in [0.2, 0.25) is 5.75 Å². The summed E-state index contributed by atoms with van der Waals surface area (Å²) in [5.74, 6) is 1.79. The molecular weight excluding hydrogens is 284 g/mol. The van der Waals surface area contributed by atoms with Crippen molar-refractivity contribution in [3.63, 3.8) is 0 Å². The van der Waals surface area contributed by atoms with Crippen LogP contribution in [0.25, 0.3) is 10.6 Å². The molecule has 0 N–H and O–H groups in total. The summed E-state index contributed by atoms with van der Waals surface area (Å²) < 4.78 is 16.8. The summed E-state index contributed by atoms with van der Waals surface area (Å²) in [6.45, 7) is 0. The summed E-state index contributed by atoms with van der Waals surface area (Å²) in [6.07, 6.45) is 1.97. The molecule has 1 aromatic heterocycles. The van der Waals surface area contributed by atoms with E-state index in [1.807, 2.05) is 18.4 Å². The van der Waals surface area contributed by atoms with Gasteiger partial charge in [0.05, 0.1) is 21.3 Å². The molecule has 0 saturated heterocycles. The molecule has 0 radical (unpaired) electrons. The Morgan fingerprint density at radius 3 is 2.05 bits per heavy atom. The van der Waals surface area contributed by atoms with E-state index in [4.69, 9.17) is 14.2 Å². The Balaban J connectivity index is 2.51. The SMILES string of the molecule is COc1cc(-c2nnc(SC)s2)cc(OC)c1OC. The molecule has 5 nitrogen and oxygen atoms in total. The standard InChI is InChI=1S/C12H14N2O3S2/c1-15-8-5-7(6-9(16-2)10(8)17-3)11-13-14-12(18-4)19-11/h5-6H,1-4H3. The number of ether oxygens (including phenoxy) is 3. The molecule has 2 aromatic rings. The third-order valence-corrected chi connectivity index (χ3v) is 4.44. The molecule has 1 aromatic carbocycles. The second-order valence-electron chi connectivity index (χ2n) is 3.49. The maximum Gasteiger partial charge on any atom is 0.203 e. The van der Waals surface area contributed by atoms with Gasteiger partial charge in [0.15, 0.2) is 15.8 Å². The fraction of sp³-hybridized carbons (Fsp3) is 0.333. The second-order valence-corrected chi connectivity index (χ2v) is 5.52. The third kappa shape index (κ3) is 2.76. The molecule has 0 aliphatic rings. The van der Waals surface area contributed by atoms with Gasteiger partial charge in [0.1, 0.15) is 5.01 Å². The fourth-order valence-electron chi connectivity index (χ4n) is 1.61. The molecule has 0 fully saturated rings. The van der Waals surface area contributed by atoms with Crippen molar-refractivity contribution in [3.8, 4) is 27.8 Å². The number of hydrogen-bond donors (Lipinski definition) is 0. The van der Waals surface area contributed by atoms with Crippen molar-refractivity contribution in [2.75, 3.05) is 27.6 Å². The number of nitrogens with zero attached hydrogens (tertiary/aromatic N) is 2. The first-order valence-corrected chi connectivity index (χ1v) is 7.45. The van der Waals surface area contributed by atoms with Crippen molar-refractivity contribution in [1.82, 2.24) is 10.2 Å². The smallest absolute Gasteiger partial charge is 0.203 e. The second kappa shape index (κ2) is 6.12. The molecule has 0 bridgehead atoms. The van der Waals surface area contributed by atoms with Crippen LogP contribution in [-0.4, -0.2) is 37.8 Å². The van der Waals surface area contributed by atoms with Gasteiger partial charge in [0, 0.05) is 5.56 Å². The summed E-state index contributed by atoms with van der Waals surface area (Å²) >= 11 is 3.10. The first kappa shape index (κ1) is 14.0. The van der Waals surface area contributed by atoms with Gasteiger partial charge in [-0.2, -0.15) is 0 Å². The molecule has 0 amide bonds. The van der Waals surface area contributed by atoms with Crippen molar-refractivity contribution in [2.24, 2.45) is 0 Å². The van der Waals surface area contributed by atoms with Crippen molar-refractivity contribution in [2.45, 2.75) is 4.34 Å². The van der Waals surface area contributed by atoms with E-state index in [9.17, 15) is 0 Å². The van der Waals surface area contributed by atoms with Gasteiger partial charge in [-0.05, 0) is 18.4 Å². The molecule has 2 rings (SSSR count). The summed E-state index contributed by atoms with van der Waals surface area (Å²) in [6, 6.07) is 3.73. The predicted octanol–water partition coefficient (Wildman–Crippen LogP) is 2.95. The summed E-state index contributed by atoms with van der Waals surface area (Å²) in [5.41, 5.74) is 0.896. The number of benzene rings is 1. The van der Waals surface area contributed by atoms with Crippen LogP contribution in [-0.2, 0) is 0 Å². The van der Waals surface area contributed by atoms with Gasteiger partial charge in [-0.25, -0.2) is 0 Å². The van der Waals surface area contributed by atoms with Crippen LogP contribution < -0.4 is 14.2 Å². The van der Waals surface area contributed by atoms with E-state index >= 15 is 0 Å². The Morgan fingerprint density at radius 2 is 1.63 bits per heavy atom. The molecule has 0 aliphatic heterocycles. The average Bonchev–Trinajstić information content (AvgIpc) is 2.94. The van der Waals surface area contributed by atoms with E-state index in [2.05, 4.69) is 10.2 Å². The fourth-order valence-corrected chi connectivity index (χ4v) is 2.87. The van der Waals surface area contributed by atoms with Crippen LogP contribution in [0, 0.1) is 0 Å². The van der Waals surface area contributed by atoms with E-state index < -0.39 is 0 Å². The zero-order chi connectivity index (χ0) is 13.8. The Labute approximate surface area is 119 Å². The van der Waals surface area contributed by atoms with Crippen molar-refractivity contribution in [1.29, 1.82) is 0 Å². The Morgan fingerprint density at radius 1 is 1.00 bits per heavy atom. The summed E-state index contributed by atoms with van der Waals surface area (Å²) in [5, 5.41) is 9.07. The largest absolute Gasteiger partial charge is 0.493 e. The van der Waals surface area contributed by atoms with Crippen LogP contribution in [0.15, 0.2) is 16.5 Å². The lowest BCUT2D eigenvalue weighted by atomic mass is 10.2. The number of rotatable bonds is 5. The van der Waals surface area contributed by atoms with Gasteiger partial charge in [-0.1, -0.05) is 23.1 Å². The minimum atomic E-state index is 0.573. The highest BCUT2D eigenvalue weighted by molar-refractivity contribution is 8.00. The highest BCUT2D eigenvalue weighted by atomic mass is 32.2. The molecule has 0 saturated carbocycles. The van der Waals surface area contributed by atoms with Gasteiger partial charge in [0.25, 0.3) is 0 Å². The molecular formula is C12H14N2O3S2. The van der Waals surface area contributed by atoms with E-state index in [0.717, 1.165) is 14.9 Å². The molecule has 19 heavy (non-hydrogen) atoms. The summed E-state index contributed by atoms with van der Waals surface area (Å²) in [4.78, 5) is 0. The quantitative estimate of drug-likeness (QED) is 0.791. The molecule has 0 spiro atoms. The summed E-state index contributed by atoms with van der Waals surface area (Å²) in [7, 11) is 4.76. The topological polar surface area (TPSA) is 53.5 Å². The van der Waals surface area contributed by atoms with Crippen LogP contribution in [0.3, 0.4) is 0 Å². The van der Waals surface area contributed by atoms with Gasteiger partial charge in [-0.15, -0.1) is 10.2 Å². The maximum atomic E-state index is 5.32. The van der Waals surface area contributed by atoms with Crippen molar-refractivity contribution >= 4 is 23.1 Å². The zero-order valence-electron chi connectivity index (χ0n) is 11.1. The Kier molecular flexibility index (Phi) is 4.49. The highest BCUT2D eigenvalue weighted by Gasteiger charge is 2.16. The van der Waals surface area contributed by atoms with Crippen LogP contribution in [0.1, 0.15) is 0 Å². The number of aromatic nitrogens is 2. The Bertz CT molecular complexity index is 547. The molecule has 0 atom stereocenters. The lowest BCUT2D eigenvalue weighted by molar-refractivity contribution is 0.324.